The fourth-order valence-electron chi connectivity index (χ4n) is 2.20. The Morgan fingerprint density at radius 2 is 2.00 bits per heavy atom. The minimum absolute atomic E-state index is 0.0655. The number of carboxylic acid groups (broad SMARTS) is 1. The summed E-state index contributed by atoms with van der Waals surface area (Å²) < 4.78 is 1.51. The van der Waals surface area contributed by atoms with Crippen LogP contribution in [0.3, 0.4) is 0 Å². The van der Waals surface area contributed by atoms with E-state index in [1.165, 1.54) is 4.57 Å². The molecule has 0 saturated heterocycles. The molecule has 0 unspecified atom stereocenters. The fraction of sp³-hybridized carbons (Fsp3) is 0.312. The minimum Gasteiger partial charge on any atom is -0.480 e. The largest absolute Gasteiger partial charge is 0.480 e. The molecule has 6 nitrogen and oxygen atoms in total. The van der Waals surface area contributed by atoms with Crippen molar-refractivity contribution in [3.8, 4) is 0 Å². The number of carbonyl (C=O) groups is 2. The smallest absolute Gasteiger partial charge is 0.326 e. The van der Waals surface area contributed by atoms with E-state index in [-0.39, 0.29) is 30.2 Å². The molecule has 0 aliphatic rings. The Bertz CT molecular complexity index is 736. The molecule has 0 bridgehead atoms. The number of carbonyl (C=O) groups excluding carboxylic acids is 1. The first kappa shape index (κ1) is 17.0. The molecule has 1 heterocycles. The number of nitrogens with zero attached hydrogens (tertiary/aromatic N) is 1. The summed E-state index contributed by atoms with van der Waals surface area (Å²) in [5.74, 6) is -1.46. The van der Waals surface area contributed by atoms with E-state index in [2.05, 4.69) is 5.32 Å². The molecule has 0 aliphatic heterocycles. The molecule has 2 N–H and O–H groups in total. The Balaban J connectivity index is 1.93. The number of rotatable bonds is 7. The van der Waals surface area contributed by atoms with E-state index in [0.717, 1.165) is 22.6 Å². The van der Waals surface area contributed by atoms with Crippen LogP contribution in [-0.2, 0) is 22.6 Å². The van der Waals surface area contributed by atoms with Crippen molar-refractivity contribution in [2.45, 2.75) is 32.4 Å². The Morgan fingerprint density at radius 1 is 1.30 bits per heavy atom. The normalized spacial score (nSPS) is 11.9. The lowest BCUT2D eigenvalue weighted by Crippen LogP contribution is -2.42. The van der Waals surface area contributed by atoms with Crippen molar-refractivity contribution < 1.29 is 14.7 Å². The first-order valence-electron chi connectivity index (χ1n) is 7.18. The minimum atomic E-state index is -1.08. The van der Waals surface area contributed by atoms with Gasteiger partial charge < -0.3 is 15.0 Å². The van der Waals surface area contributed by atoms with Gasteiger partial charge in [0.15, 0.2) is 0 Å². The maximum Gasteiger partial charge on any atom is 0.326 e. The van der Waals surface area contributed by atoms with Crippen LogP contribution in [0.1, 0.15) is 17.7 Å². The number of amides is 1. The second kappa shape index (κ2) is 7.73. The Labute approximate surface area is 137 Å². The van der Waals surface area contributed by atoms with Gasteiger partial charge >= 0.3 is 10.8 Å². The van der Waals surface area contributed by atoms with Gasteiger partial charge in [-0.25, -0.2) is 4.79 Å². The summed E-state index contributed by atoms with van der Waals surface area (Å²) in [5, 5.41) is 13.5. The average Bonchev–Trinajstić information content (AvgIpc) is 2.84. The van der Waals surface area contributed by atoms with Gasteiger partial charge in [-0.15, -0.1) is 0 Å². The molecule has 0 radical (unpaired) electrons. The zero-order chi connectivity index (χ0) is 16.8. The third kappa shape index (κ3) is 4.79. The van der Waals surface area contributed by atoms with Gasteiger partial charge in [-0.1, -0.05) is 41.7 Å². The third-order valence-corrected chi connectivity index (χ3v) is 4.34. The quantitative estimate of drug-likeness (QED) is 0.801. The summed E-state index contributed by atoms with van der Waals surface area (Å²) in [6.07, 6.45) is 0.287. The molecule has 1 aromatic carbocycles. The number of hydrogen-bond acceptors (Lipinski definition) is 4. The predicted octanol–water partition coefficient (Wildman–Crippen LogP) is 1.42. The molecule has 1 amide bonds. The standard InChI is InChI=1S/C16H18N2O4S/c1-11-10-23-16(22)18(11)8-7-14(19)17-13(15(20)21)9-12-5-3-2-4-6-12/h2-6,10,13H,7-9H2,1H3,(H,17,19)(H,20,21)/t13-/m0/s1. The van der Waals surface area contributed by atoms with Gasteiger partial charge in [-0.2, -0.15) is 0 Å². The Hall–Kier alpha value is -2.41. The van der Waals surface area contributed by atoms with Crippen molar-refractivity contribution in [3.63, 3.8) is 0 Å². The van der Waals surface area contributed by atoms with Crippen LogP contribution < -0.4 is 10.2 Å². The van der Waals surface area contributed by atoms with E-state index in [1.807, 2.05) is 30.3 Å². The molecule has 0 spiro atoms. The van der Waals surface area contributed by atoms with Crippen LogP contribution in [0.5, 0.6) is 0 Å². The van der Waals surface area contributed by atoms with Gasteiger partial charge in [-0.3, -0.25) is 9.59 Å². The van der Waals surface area contributed by atoms with Crippen LogP contribution in [-0.4, -0.2) is 27.6 Å². The number of aliphatic carboxylic acids is 1. The van der Waals surface area contributed by atoms with Crippen molar-refractivity contribution in [2.24, 2.45) is 0 Å². The number of aryl methyl sites for hydroxylation is 1. The summed E-state index contributed by atoms with van der Waals surface area (Å²) in [4.78, 5) is 34.8. The number of carboxylic acids is 1. The first-order valence-corrected chi connectivity index (χ1v) is 8.06. The molecule has 0 aliphatic carbocycles. The average molecular weight is 334 g/mol. The van der Waals surface area contributed by atoms with Gasteiger partial charge in [0.25, 0.3) is 0 Å². The zero-order valence-corrected chi connectivity index (χ0v) is 13.5. The van der Waals surface area contributed by atoms with Crippen LogP contribution in [0, 0.1) is 6.92 Å². The lowest BCUT2D eigenvalue weighted by Gasteiger charge is -2.15. The number of aromatic nitrogens is 1. The molecule has 23 heavy (non-hydrogen) atoms. The molecule has 7 heteroatoms. The maximum atomic E-state index is 12.0. The van der Waals surface area contributed by atoms with Gasteiger partial charge in [0.1, 0.15) is 6.04 Å². The zero-order valence-electron chi connectivity index (χ0n) is 12.7. The molecule has 2 rings (SSSR count). The summed E-state index contributed by atoms with van der Waals surface area (Å²) in [7, 11) is 0. The van der Waals surface area contributed by atoms with Crippen LogP contribution in [0.2, 0.25) is 0 Å². The molecule has 122 valence electrons. The molecule has 1 aromatic heterocycles. The third-order valence-electron chi connectivity index (χ3n) is 3.45. The van der Waals surface area contributed by atoms with Crippen LogP contribution in [0.4, 0.5) is 0 Å². The monoisotopic (exact) mass is 334 g/mol. The van der Waals surface area contributed by atoms with Gasteiger partial charge in [0, 0.05) is 30.5 Å². The van der Waals surface area contributed by atoms with Crippen molar-refractivity contribution in [1.29, 1.82) is 0 Å². The van der Waals surface area contributed by atoms with E-state index in [1.54, 1.807) is 12.3 Å². The fourth-order valence-corrected chi connectivity index (χ4v) is 2.97. The van der Waals surface area contributed by atoms with Crippen molar-refractivity contribution in [3.05, 3.63) is 56.6 Å². The topological polar surface area (TPSA) is 88.4 Å². The van der Waals surface area contributed by atoms with Crippen LogP contribution in [0.15, 0.2) is 40.5 Å². The van der Waals surface area contributed by atoms with Crippen LogP contribution >= 0.6 is 11.3 Å². The van der Waals surface area contributed by atoms with E-state index in [4.69, 9.17) is 0 Å². The molecule has 1 atom stereocenters. The predicted molar refractivity (Wildman–Crippen MR) is 87.6 cm³/mol. The van der Waals surface area contributed by atoms with Crippen molar-refractivity contribution in [1.82, 2.24) is 9.88 Å². The van der Waals surface area contributed by atoms with Crippen molar-refractivity contribution >= 4 is 23.2 Å². The van der Waals surface area contributed by atoms with Crippen LogP contribution in [0.25, 0.3) is 0 Å². The first-order chi connectivity index (χ1) is 11.0. The van der Waals surface area contributed by atoms with Gasteiger partial charge in [0.05, 0.1) is 0 Å². The van der Waals surface area contributed by atoms with E-state index >= 15 is 0 Å². The molecule has 0 saturated carbocycles. The number of nitrogens with one attached hydrogen (secondary N) is 1. The number of thiazole rings is 1. The maximum absolute atomic E-state index is 12.0. The highest BCUT2D eigenvalue weighted by Gasteiger charge is 2.20. The Morgan fingerprint density at radius 3 is 2.57 bits per heavy atom. The molecule has 0 fully saturated rings. The lowest BCUT2D eigenvalue weighted by atomic mass is 10.1. The summed E-state index contributed by atoms with van der Waals surface area (Å²) in [5.41, 5.74) is 1.64. The SMILES string of the molecule is Cc1csc(=O)n1CCC(=O)N[C@@H](Cc1ccccc1)C(=O)O. The highest BCUT2D eigenvalue weighted by Crippen LogP contribution is 2.05. The Kier molecular flexibility index (Phi) is 5.70. The van der Waals surface area contributed by atoms with Crippen molar-refractivity contribution in [2.75, 3.05) is 0 Å². The summed E-state index contributed by atoms with van der Waals surface area (Å²) in [6.45, 7) is 2.04. The van der Waals surface area contributed by atoms with E-state index < -0.39 is 12.0 Å². The van der Waals surface area contributed by atoms with E-state index in [0.29, 0.717) is 0 Å². The second-order valence-corrected chi connectivity index (χ2v) is 6.01. The second-order valence-electron chi connectivity index (χ2n) is 5.19. The molecular weight excluding hydrogens is 316 g/mol. The molecule has 2 aromatic rings. The van der Waals surface area contributed by atoms with Gasteiger partial charge in [0.2, 0.25) is 5.91 Å². The highest BCUT2D eigenvalue weighted by atomic mass is 32.1. The van der Waals surface area contributed by atoms with E-state index in [9.17, 15) is 19.5 Å². The lowest BCUT2D eigenvalue weighted by molar-refractivity contribution is -0.141. The number of benzene rings is 1. The van der Waals surface area contributed by atoms with Gasteiger partial charge in [-0.05, 0) is 12.5 Å². The summed E-state index contributed by atoms with van der Waals surface area (Å²) in [6, 6.07) is 8.14. The summed E-state index contributed by atoms with van der Waals surface area (Å²) >= 11 is 1.08. The number of hydrogen-bond donors (Lipinski definition) is 2. The molecular formula is C16H18N2O4S. The highest BCUT2D eigenvalue weighted by molar-refractivity contribution is 7.07.